The van der Waals surface area contributed by atoms with Crippen LogP contribution >= 0.6 is 0 Å². The maximum absolute atomic E-state index is 11.4. The number of hydrogen-bond donors (Lipinski definition) is 1. The van der Waals surface area contributed by atoms with Gasteiger partial charge in [0.25, 0.3) is 0 Å². The lowest BCUT2D eigenvalue weighted by atomic mass is 9.99. The van der Waals surface area contributed by atoms with Crippen LogP contribution in [-0.4, -0.2) is 20.6 Å². The van der Waals surface area contributed by atoms with E-state index in [1.54, 1.807) is 30.3 Å². The van der Waals surface area contributed by atoms with Gasteiger partial charge in [0.1, 0.15) is 12.1 Å². The molecule has 0 radical (unpaired) electrons. The van der Waals surface area contributed by atoms with Crippen LogP contribution in [0.3, 0.4) is 0 Å². The van der Waals surface area contributed by atoms with Crippen LogP contribution in [0.4, 0.5) is 0 Å². The number of nitriles is 2. The molecule has 0 amide bonds. The molecule has 2 rings (SSSR count). The van der Waals surface area contributed by atoms with Crippen LogP contribution < -0.4 is 0 Å². The molecule has 0 aliphatic heterocycles. The van der Waals surface area contributed by atoms with Gasteiger partial charge < -0.3 is 9.67 Å². The fourth-order valence-corrected chi connectivity index (χ4v) is 1.93. The van der Waals surface area contributed by atoms with Crippen LogP contribution in [0.1, 0.15) is 22.9 Å². The van der Waals surface area contributed by atoms with Gasteiger partial charge in [-0.05, 0) is 5.56 Å². The van der Waals surface area contributed by atoms with Crippen LogP contribution in [0.2, 0.25) is 0 Å². The molecule has 6 nitrogen and oxygen atoms in total. The minimum atomic E-state index is -0.993. The molecule has 0 spiro atoms. The molecule has 0 aliphatic rings. The van der Waals surface area contributed by atoms with E-state index >= 15 is 0 Å². The number of hydrogen-bond acceptors (Lipinski definition) is 4. The number of carbonyl (C=O) groups is 1. The van der Waals surface area contributed by atoms with Crippen molar-refractivity contribution in [2.45, 2.75) is 12.5 Å². The summed E-state index contributed by atoms with van der Waals surface area (Å²) in [4.78, 5) is 15.2. The first kappa shape index (κ1) is 13.3. The van der Waals surface area contributed by atoms with E-state index in [0.29, 0.717) is 5.56 Å². The molecule has 0 saturated heterocycles. The molecule has 1 N–H and O–H groups in total. The number of imidazole rings is 1. The quantitative estimate of drug-likeness (QED) is 0.903. The summed E-state index contributed by atoms with van der Waals surface area (Å²) in [5, 5.41) is 27.2. The number of benzene rings is 1. The molecule has 0 saturated carbocycles. The first-order valence-electron chi connectivity index (χ1n) is 5.80. The summed E-state index contributed by atoms with van der Waals surface area (Å²) in [6.45, 7) is 0.0525. The van der Waals surface area contributed by atoms with E-state index in [2.05, 4.69) is 4.98 Å². The molecule has 0 fully saturated rings. The Morgan fingerprint density at radius 3 is 2.55 bits per heavy atom. The summed E-state index contributed by atoms with van der Waals surface area (Å²) < 4.78 is 1.39. The molecule has 0 bridgehead atoms. The molecule has 1 atom stereocenters. The van der Waals surface area contributed by atoms with E-state index in [0.717, 1.165) is 0 Å². The van der Waals surface area contributed by atoms with Crippen LogP contribution in [0.15, 0.2) is 36.7 Å². The topological polar surface area (TPSA) is 103 Å². The smallest absolute Gasteiger partial charge is 0.312 e. The molecule has 1 heterocycles. The SMILES string of the molecule is N#Cc1ncn(CC(C(=O)O)c2ccccc2)c1C#N. The van der Waals surface area contributed by atoms with Crippen molar-refractivity contribution in [1.82, 2.24) is 9.55 Å². The van der Waals surface area contributed by atoms with Crippen LogP contribution in [0, 0.1) is 22.7 Å². The third-order valence-corrected chi connectivity index (χ3v) is 2.93. The van der Waals surface area contributed by atoms with Gasteiger partial charge in [-0.15, -0.1) is 0 Å². The lowest BCUT2D eigenvalue weighted by molar-refractivity contribution is -0.139. The second-order valence-corrected chi connectivity index (χ2v) is 4.12. The molecular formula is C14H10N4O2. The summed E-state index contributed by atoms with van der Waals surface area (Å²) in [6.07, 6.45) is 1.32. The van der Waals surface area contributed by atoms with Gasteiger partial charge in [-0.2, -0.15) is 10.5 Å². The normalized spacial score (nSPS) is 11.3. The Morgan fingerprint density at radius 1 is 1.30 bits per heavy atom. The summed E-state index contributed by atoms with van der Waals surface area (Å²) >= 11 is 0. The fraction of sp³-hybridized carbons (Fsp3) is 0.143. The maximum Gasteiger partial charge on any atom is 0.312 e. The highest BCUT2D eigenvalue weighted by Crippen LogP contribution is 2.19. The second-order valence-electron chi connectivity index (χ2n) is 4.12. The average molecular weight is 266 g/mol. The molecule has 20 heavy (non-hydrogen) atoms. The van der Waals surface area contributed by atoms with Gasteiger partial charge in [-0.25, -0.2) is 4.98 Å². The monoisotopic (exact) mass is 266 g/mol. The van der Waals surface area contributed by atoms with Gasteiger partial charge in [-0.3, -0.25) is 4.79 Å². The predicted molar refractivity (Wildman–Crippen MR) is 68.5 cm³/mol. The Bertz CT molecular complexity index is 707. The van der Waals surface area contributed by atoms with Gasteiger partial charge in [0.2, 0.25) is 0 Å². The van der Waals surface area contributed by atoms with E-state index in [9.17, 15) is 9.90 Å². The minimum absolute atomic E-state index is 0.00435. The highest BCUT2D eigenvalue weighted by molar-refractivity contribution is 5.76. The third kappa shape index (κ3) is 2.50. The summed E-state index contributed by atoms with van der Waals surface area (Å²) in [5.41, 5.74) is 0.718. The molecule has 98 valence electrons. The number of carboxylic acid groups (broad SMARTS) is 1. The number of aliphatic carboxylic acids is 1. The average Bonchev–Trinajstić information content (AvgIpc) is 2.87. The Balaban J connectivity index is 2.36. The molecule has 1 aromatic carbocycles. The summed E-state index contributed by atoms with van der Waals surface area (Å²) in [6, 6.07) is 12.4. The summed E-state index contributed by atoms with van der Waals surface area (Å²) in [7, 11) is 0. The molecular weight excluding hydrogens is 256 g/mol. The molecule has 1 aromatic heterocycles. The second kappa shape index (κ2) is 5.68. The van der Waals surface area contributed by atoms with Crippen molar-refractivity contribution in [3.8, 4) is 12.1 Å². The third-order valence-electron chi connectivity index (χ3n) is 2.93. The number of aromatic nitrogens is 2. The van der Waals surface area contributed by atoms with Gasteiger partial charge in [-0.1, -0.05) is 30.3 Å². The largest absolute Gasteiger partial charge is 0.481 e. The van der Waals surface area contributed by atoms with Crippen molar-refractivity contribution in [2.75, 3.05) is 0 Å². The Hall–Kier alpha value is -3.12. The highest BCUT2D eigenvalue weighted by atomic mass is 16.4. The first-order chi connectivity index (χ1) is 9.67. The Kier molecular flexibility index (Phi) is 3.78. The number of nitrogens with zero attached hydrogens (tertiary/aromatic N) is 4. The van der Waals surface area contributed by atoms with E-state index < -0.39 is 11.9 Å². The maximum atomic E-state index is 11.4. The van der Waals surface area contributed by atoms with Crippen molar-refractivity contribution >= 4 is 5.97 Å². The molecule has 1 unspecified atom stereocenters. The predicted octanol–water partition coefficient (Wildman–Crippen LogP) is 1.49. The van der Waals surface area contributed by atoms with E-state index in [1.807, 2.05) is 12.1 Å². The van der Waals surface area contributed by atoms with Gasteiger partial charge in [0, 0.05) is 6.54 Å². The van der Waals surface area contributed by atoms with Crippen LogP contribution in [-0.2, 0) is 11.3 Å². The summed E-state index contributed by atoms with van der Waals surface area (Å²) in [5.74, 6) is -1.80. The fourth-order valence-electron chi connectivity index (χ4n) is 1.93. The van der Waals surface area contributed by atoms with Crippen molar-refractivity contribution in [3.63, 3.8) is 0 Å². The highest BCUT2D eigenvalue weighted by Gasteiger charge is 2.22. The Morgan fingerprint density at radius 2 is 2.00 bits per heavy atom. The number of rotatable bonds is 4. The molecule has 0 aliphatic carbocycles. The zero-order valence-corrected chi connectivity index (χ0v) is 10.4. The van der Waals surface area contributed by atoms with Crippen molar-refractivity contribution in [2.24, 2.45) is 0 Å². The molecule has 6 heteroatoms. The lowest BCUT2D eigenvalue weighted by Gasteiger charge is -2.13. The Labute approximate surface area is 115 Å². The number of carboxylic acids is 1. The van der Waals surface area contributed by atoms with Crippen molar-refractivity contribution < 1.29 is 9.90 Å². The van der Waals surface area contributed by atoms with E-state index in [4.69, 9.17) is 10.5 Å². The van der Waals surface area contributed by atoms with Gasteiger partial charge >= 0.3 is 5.97 Å². The van der Waals surface area contributed by atoms with Crippen LogP contribution in [0.5, 0.6) is 0 Å². The van der Waals surface area contributed by atoms with E-state index in [-0.39, 0.29) is 17.9 Å². The van der Waals surface area contributed by atoms with Crippen molar-refractivity contribution in [1.29, 1.82) is 10.5 Å². The van der Waals surface area contributed by atoms with Gasteiger partial charge in [0.15, 0.2) is 11.4 Å². The zero-order valence-electron chi connectivity index (χ0n) is 10.4. The van der Waals surface area contributed by atoms with E-state index in [1.165, 1.54) is 10.9 Å². The van der Waals surface area contributed by atoms with Crippen LogP contribution in [0.25, 0.3) is 0 Å². The first-order valence-corrected chi connectivity index (χ1v) is 5.80. The zero-order chi connectivity index (χ0) is 14.5. The van der Waals surface area contributed by atoms with Crippen molar-refractivity contribution in [3.05, 3.63) is 53.6 Å². The van der Waals surface area contributed by atoms with Gasteiger partial charge in [0.05, 0.1) is 12.2 Å². The lowest BCUT2D eigenvalue weighted by Crippen LogP contribution is -2.18. The standard InChI is InChI=1S/C14H10N4O2/c15-6-12-13(7-16)18(9-17-12)8-11(14(19)20)10-4-2-1-3-5-10/h1-5,9,11H,8H2,(H,19,20). The minimum Gasteiger partial charge on any atom is -0.481 e. The molecule has 2 aromatic rings.